The van der Waals surface area contributed by atoms with Crippen molar-refractivity contribution in [3.63, 3.8) is 0 Å². The van der Waals surface area contributed by atoms with Crippen molar-refractivity contribution in [3.8, 4) is 68.9 Å². The number of rotatable bonds is 6. The predicted octanol–water partition coefficient (Wildman–Crippen LogP) is 6.64. The molecule has 7 rings (SSSR count). The number of pyridine rings is 3. The first-order chi connectivity index (χ1) is 19.8. The molecule has 0 spiro atoms. The zero-order valence-electron chi connectivity index (χ0n) is 20.9. The average Bonchev–Trinajstić information content (AvgIpc) is 3.74. The van der Waals surface area contributed by atoms with Crippen LogP contribution < -0.4 is 0 Å². The molecule has 9 heteroatoms. The molecule has 5 heterocycles. The maximum atomic E-state index is 5.94. The van der Waals surface area contributed by atoms with Crippen LogP contribution in [0.2, 0.25) is 0 Å². The van der Waals surface area contributed by atoms with E-state index < -0.39 is 0 Å². The highest BCUT2D eigenvalue weighted by molar-refractivity contribution is 5.64. The Morgan fingerprint density at radius 2 is 0.600 bits per heavy atom. The number of benzene rings is 2. The third-order valence-electron chi connectivity index (χ3n) is 6.11. The van der Waals surface area contributed by atoms with Crippen molar-refractivity contribution in [2.75, 3.05) is 0 Å². The minimum absolute atomic E-state index is 0.251. The minimum atomic E-state index is 0.251. The van der Waals surface area contributed by atoms with Crippen LogP contribution in [0.3, 0.4) is 0 Å². The fraction of sp³-hybridized carbons (Fsp3) is 0. The van der Waals surface area contributed by atoms with E-state index in [1.807, 2.05) is 103 Å². The third kappa shape index (κ3) is 4.63. The molecule has 7 aromatic rings. The van der Waals surface area contributed by atoms with Crippen LogP contribution in [0, 0.1) is 0 Å². The van der Waals surface area contributed by atoms with Crippen molar-refractivity contribution in [3.05, 3.63) is 115 Å². The second-order valence-electron chi connectivity index (χ2n) is 8.78. The van der Waals surface area contributed by atoms with Crippen LogP contribution >= 0.6 is 0 Å². The molecular formula is C31H19N7O2. The largest absolute Gasteiger partial charge is 0.413 e. The average molecular weight is 522 g/mol. The highest BCUT2D eigenvalue weighted by Gasteiger charge is 2.17. The van der Waals surface area contributed by atoms with Crippen molar-refractivity contribution < 1.29 is 8.83 Å². The van der Waals surface area contributed by atoms with E-state index in [-0.39, 0.29) is 11.8 Å². The molecule has 0 aliphatic rings. The molecule has 0 atom stereocenters. The summed E-state index contributed by atoms with van der Waals surface area (Å²) in [5.41, 5.74) is 5.71. The lowest BCUT2D eigenvalue weighted by Gasteiger charge is -2.02. The Labute approximate surface area is 228 Å². The van der Waals surface area contributed by atoms with Crippen LogP contribution in [0.15, 0.2) is 124 Å². The SMILES string of the molecule is c1ccc(-c2cccc(-c3nnc(-c4cccc(-c5nnc(-c6cccc(-c7ccccc7)n6)o5)n4)o3)n2)cc1. The summed E-state index contributed by atoms with van der Waals surface area (Å²) in [7, 11) is 0. The molecule has 0 amide bonds. The van der Waals surface area contributed by atoms with Gasteiger partial charge in [0.1, 0.15) is 22.8 Å². The second kappa shape index (κ2) is 10.1. The first-order valence-electron chi connectivity index (χ1n) is 12.5. The summed E-state index contributed by atoms with van der Waals surface area (Å²) >= 11 is 0. The van der Waals surface area contributed by atoms with Gasteiger partial charge in [0, 0.05) is 11.1 Å². The summed E-state index contributed by atoms with van der Waals surface area (Å²) in [6.45, 7) is 0. The molecule has 40 heavy (non-hydrogen) atoms. The van der Waals surface area contributed by atoms with E-state index in [0.717, 1.165) is 22.5 Å². The van der Waals surface area contributed by atoms with Gasteiger partial charge in [-0.15, -0.1) is 20.4 Å². The van der Waals surface area contributed by atoms with Gasteiger partial charge in [0.2, 0.25) is 0 Å². The third-order valence-corrected chi connectivity index (χ3v) is 6.11. The molecular weight excluding hydrogens is 502 g/mol. The molecule has 0 saturated heterocycles. The van der Waals surface area contributed by atoms with E-state index in [2.05, 4.69) is 35.3 Å². The van der Waals surface area contributed by atoms with Gasteiger partial charge in [-0.3, -0.25) is 0 Å². The van der Waals surface area contributed by atoms with Gasteiger partial charge in [-0.1, -0.05) is 78.9 Å². The monoisotopic (exact) mass is 521 g/mol. The van der Waals surface area contributed by atoms with E-state index in [0.29, 0.717) is 34.6 Å². The van der Waals surface area contributed by atoms with E-state index >= 15 is 0 Å². The predicted molar refractivity (Wildman–Crippen MR) is 148 cm³/mol. The molecule has 0 bridgehead atoms. The fourth-order valence-electron chi connectivity index (χ4n) is 4.18. The molecule has 190 valence electrons. The van der Waals surface area contributed by atoms with Crippen molar-refractivity contribution >= 4 is 0 Å². The molecule has 0 unspecified atom stereocenters. The summed E-state index contributed by atoms with van der Waals surface area (Å²) < 4.78 is 11.9. The van der Waals surface area contributed by atoms with Gasteiger partial charge < -0.3 is 8.83 Å². The van der Waals surface area contributed by atoms with Crippen LogP contribution in [-0.2, 0) is 0 Å². The Morgan fingerprint density at radius 1 is 0.300 bits per heavy atom. The molecule has 0 N–H and O–H groups in total. The Balaban J connectivity index is 1.15. The lowest BCUT2D eigenvalue weighted by atomic mass is 10.1. The molecule has 0 radical (unpaired) electrons. The van der Waals surface area contributed by atoms with Crippen molar-refractivity contribution in [2.45, 2.75) is 0 Å². The maximum absolute atomic E-state index is 5.94. The quantitative estimate of drug-likeness (QED) is 0.237. The second-order valence-corrected chi connectivity index (χ2v) is 8.78. The van der Waals surface area contributed by atoms with Crippen molar-refractivity contribution in [1.82, 2.24) is 35.3 Å². The van der Waals surface area contributed by atoms with E-state index in [1.165, 1.54) is 0 Å². The molecule has 0 saturated carbocycles. The lowest BCUT2D eigenvalue weighted by Crippen LogP contribution is -1.88. The maximum Gasteiger partial charge on any atom is 0.266 e. The molecule has 0 aliphatic carbocycles. The summed E-state index contributed by atoms with van der Waals surface area (Å²) in [6, 6.07) is 36.5. The molecule has 2 aromatic carbocycles. The normalized spacial score (nSPS) is 11.0. The molecule has 0 fully saturated rings. The highest BCUT2D eigenvalue weighted by atomic mass is 16.4. The number of hydrogen-bond acceptors (Lipinski definition) is 9. The summed E-state index contributed by atoms with van der Waals surface area (Å²) in [5, 5.41) is 16.8. The number of aromatic nitrogens is 7. The van der Waals surface area contributed by atoms with Gasteiger partial charge in [0.05, 0.1) is 11.4 Å². The molecule has 9 nitrogen and oxygen atoms in total. The van der Waals surface area contributed by atoms with E-state index in [1.54, 1.807) is 12.1 Å². The van der Waals surface area contributed by atoms with Gasteiger partial charge in [0.15, 0.2) is 0 Å². The van der Waals surface area contributed by atoms with Crippen LogP contribution in [0.25, 0.3) is 68.9 Å². The Bertz CT molecular complexity index is 1780. The number of hydrogen-bond donors (Lipinski definition) is 0. The van der Waals surface area contributed by atoms with Gasteiger partial charge in [-0.2, -0.15) is 0 Å². The van der Waals surface area contributed by atoms with Gasteiger partial charge in [-0.05, 0) is 36.4 Å². The van der Waals surface area contributed by atoms with Crippen LogP contribution in [-0.4, -0.2) is 35.3 Å². The summed E-state index contributed by atoms with van der Waals surface area (Å²) in [4.78, 5) is 14.0. The van der Waals surface area contributed by atoms with Crippen molar-refractivity contribution in [1.29, 1.82) is 0 Å². The van der Waals surface area contributed by atoms with Crippen LogP contribution in [0.5, 0.6) is 0 Å². The molecule has 0 aliphatic heterocycles. The Morgan fingerprint density at radius 3 is 0.950 bits per heavy atom. The van der Waals surface area contributed by atoms with Crippen molar-refractivity contribution in [2.24, 2.45) is 0 Å². The Hall–Kier alpha value is -5.83. The summed E-state index contributed by atoms with van der Waals surface area (Å²) in [6.07, 6.45) is 0. The summed E-state index contributed by atoms with van der Waals surface area (Å²) in [5.74, 6) is 1.09. The lowest BCUT2D eigenvalue weighted by molar-refractivity contribution is 0.575. The first kappa shape index (κ1) is 23.3. The fourth-order valence-corrected chi connectivity index (χ4v) is 4.18. The topological polar surface area (TPSA) is 117 Å². The van der Waals surface area contributed by atoms with Gasteiger partial charge >= 0.3 is 0 Å². The van der Waals surface area contributed by atoms with Gasteiger partial charge in [-0.25, -0.2) is 15.0 Å². The standard InChI is InChI=1S/C31H19N7O2/c1-3-10-20(11-4-1)22-14-7-16-24(32-22)28-35-37-30(39-28)26-18-9-19-27(34-26)31-38-36-29(40-31)25-17-8-15-23(33-25)21-12-5-2-6-13-21/h1-19H. The number of nitrogens with zero attached hydrogens (tertiary/aromatic N) is 7. The smallest absolute Gasteiger partial charge is 0.266 e. The zero-order valence-corrected chi connectivity index (χ0v) is 20.9. The zero-order chi connectivity index (χ0) is 26.7. The van der Waals surface area contributed by atoms with Gasteiger partial charge in [0.25, 0.3) is 23.6 Å². The first-order valence-corrected chi connectivity index (χ1v) is 12.5. The van der Waals surface area contributed by atoms with E-state index in [9.17, 15) is 0 Å². The minimum Gasteiger partial charge on any atom is -0.413 e. The highest BCUT2D eigenvalue weighted by Crippen LogP contribution is 2.28. The van der Waals surface area contributed by atoms with E-state index in [4.69, 9.17) is 8.83 Å². The van der Waals surface area contributed by atoms with Crippen LogP contribution in [0.1, 0.15) is 0 Å². The van der Waals surface area contributed by atoms with Crippen LogP contribution in [0.4, 0.5) is 0 Å². The molecule has 5 aromatic heterocycles. The Kier molecular flexibility index (Phi) is 5.91.